The summed E-state index contributed by atoms with van der Waals surface area (Å²) in [6, 6.07) is 1.85. The van der Waals surface area contributed by atoms with E-state index in [1.807, 2.05) is 6.07 Å². The van der Waals surface area contributed by atoms with Crippen LogP contribution in [0.4, 0.5) is 0 Å². The number of amides is 1. The van der Waals surface area contributed by atoms with Crippen molar-refractivity contribution in [3.05, 3.63) is 0 Å². The minimum Gasteiger partial charge on any atom is -0.393 e. The molecule has 0 bridgehead atoms. The molecule has 1 fully saturated rings. The second-order valence-electron chi connectivity index (χ2n) is 4.18. The van der Waals surface area contributed by atoms with Gasteiger partial charge in [0.05, 0.1) is 18.7 Å². The number of aliphatic hydroxyl groups excluding tert-OH is 1. The standard InChI is InChI=1S/C11H19N3O2/c12-5-6-14-11(16)8-13-7-9-3-1-2-4-10(9)15/h9-10,13,15H,1-4,6-8H2,(H,14,16). The van der Waals surface area contributed by atoms with Crippen molar-refractivity contribution in [2.75, 3.05) is 19.6 Å². The summed E-state index contributed by atoms with van der Waals surface area (Å²) < 4.78 is 0. The van der Waals surface area contributed by atoms with Crippen LogP contribution < -0.4 is 10.6 Å². The molecule has 1 aliphatic rings. The van der Waals surface area contributed by atoms with Crippen molar-refractivity contribution >= 4 is 5.91 Å². The van der Waals surface area contributed by atoms with Gasteiger partial charge < -0.3 is 15.7 Å². The van der Waals surface area contributed by atoms with Crippen molar-refractivity contribution in [2.45, 2.75) is 31.8 Å². The SMILES string of the molecule is N#CCNC(=O)CNCC1CCCCC1O. The molecular formula is C11H19N3O2. The Hall–Kier alpha value is -1.12. The number of aliphatic hydroxyl groups is 1. The molecular weight excluding hydrogens is 206 g/mol. The highest BCUT2D eigenvalue weighted by Crippen LogP contribution is 2.23. The third-order valence-electron chi connectivity index (χ3n) is 2.93. The molecule has 1 aliphatic carbocycles. The first-order valence-electron chi connectivity index (χ1n) is 5.76. The Balaban J connectivity index is 2.10. The van der Waals surface area contributed by atoms with Crippen molar-refractivity contribution in [1.29, 1.82) is 5.26 Å². The van der Waals surface area contributed by atoms with Gasteiger partial charge in [-0.25, -0.2) is 0 Å². The quantitative estimate of drug-likeness (QED) is 0.564. The first kappa shape index (κ1) is 12.9. The van der Waals surface area contributed by atoms with E-state index in [-0.39, 0.29) is 31.0 Å². The van der Waals surface area contributed by atoms with E-state index < -0.39 is 0 Å². The average Bonchev–Trinajstić information content (AvgIpc) is 2.29. The van der Waals surface area contributed by atoms with Crippen molar-refractivity contribution in [2.24, 2.45) is 5.92 Å². The Morgan fingerprint density at radius 2 is 2.19 bits per heavy atom. The Labute approximate surface area is 95.8 Å². The summed E-state index contributed by atoms with van der Waals surface area (Å²) in [6.45, 7) is 0.929. The van der Waals surface area contributed by atoms with E-state index in [0.29, 0.717) is 6.54 Å². The fourth-order valence-electron chi connectivity index (χ4n) is 2.00. The van der Waals surface area contributed by atoms with Gasteiger partial charge in [-0.2, -0.15) is 5.26 Å². The molecule has 0 radical (unpaired) electrons. The molecule has 0 aromatic carbocycles. The molecule has 1 amide bonds. The molecule has 0 saturated heterocycles. The zero-order chi connectivity index (χ0) is 11.8. The van der Waals surface area contributed by atoms with Gasteiger partial charge in [0.1, 0.15) is 6.54 Å². The third kappa shape index (κ3) is 4.60. The van der Waals surface area contributed by atoms with E-state index in [1.165, 1.54) is 0 Å². The molecule has 1 rings (SSSR count). The first-order chi connectivity index (χ1) is 7.74. The minimum atomic E-state index is -0.233. The van der Waals surface area contributed by atoms with Crippen LogP contribution in [0.25, 0.3) is 0 Å². The summed E-state index contributed by atoms with van der Waals surface area (Å²) in [4.78, 5) is 11.1. The van der Waals surface area contributed by atoms with Crippen LogP contribution in [-0.2, 0) is 4.79 Å². The molecule has 0 heterocycles. The van der Waals surface area contributed by atoms with Crippen LogP contribution in [-0.4, -0.2) is 36.8 Å². The van der Waals surface area contributed by atoms with Crippen LogP contribution >= 0.6 is 0 Å². The van der Waals surface area contributed by atoms with Crippen molar-refractivity contribution in [3.8, 4) is 6.07 Å². The predicted octanol–water partition coefficient (Wildman–Crippen LogP) is -0.233. The number of nitrogens with one attached hydrogen (secondary N) is 2. The lowest BCUT2D eigenvalue weighted by Crippen LogP contribution is -2.39. The maximum Gasteiger partial charge on any atom is 0.234 e. The third-order valence-corrected chi connectivity index (χ3v) is 2.93. The van der Waals surface area contributed by atoms with Crippen molar-refractivity contribution in [3.63, 3.8) is 0 Å². The van der Waals surface area contributed by atoms with Crippen LogP contribution in [0.15, 0.2) is 0 Å². The molecule has 0 spiro atoms. The Kier molecular flexibility index (Phi) is 5.83. The number of carbonyl (C=O) groups excluding carboxylic acids is 1. The van der Waals surface area contributed by atoms with Gasteiger partial charge in [-0.3, -0.25) is 4.79 Å². The molecule has 2 unspecified atom stereocenters. The molecule has 0 aliphatic heterocycles. The van der Waals surface area contributed by atoms with Gasteiger partial charge >= 0.3 is 0 Å². The lowest BCUT2D eigenvalue weighted by Gasteiger charge is -2.27. The van der Waals surface area contributed by atoms with Crippen molar-refractivity contribution < 1.29 is 9.90 Å². The van der Waals surface area contributed by atoms with Gasteiger partial charge in [0.25, 0.3) is 0 Å². The molecule has 16 heavy (non-hydrogen) atoms. The monoisotopic (exact) mass is 225 g/mol. The number of nitriles is 1. The molecule has 3 N–H and O–H groups in total. The van der Waals surface area contributed by atoms with Gasteiger partial charge in [0, 0.05) is 6.54 Å². The fraction of sp³-hybridized carbons (Fsp3) is 0.818. The molecule has 2 atom stereocenters. The Morgan fingerprint density at radius 1 is 1.44 bits per heavy atom. The topological polar surface area (TPSA) is 85.2 Å². The van der Waals surface area contributed by atoms with Gasteiger partial charge in [-0.15, -0.1) is 0 Å². The van der Waals surface area contributed by atoms with E-state index in [4.69, 9.17) is 5.26 Å². The Bertz CT molecular complexity index is 262. The smallest absolute Gasteiger partial charge is 0.234 e. The highest BCUT2D eigenvalue weighted by molar-refractivity contribution is 5.78. The maximum absolute atomic E-state index is 11.1. The van der Waals surface area contributed by atoms with Crippen LogP contribution in [0.5, 0.6) is 0 Å². The van der Waals surface area contributed by atoms with E-state index in [9.17, 15) is 9.90 Å². The van der Waals surface area contributed by atoms with E-state index >= 15 is 0 Å². The van der Waals surface area contributed by atoms with Crippen LogP contribution in [0, 0.1) is 17.2 Å². The molecule has 5 heteroatoms. The second-order valence-corrected chi connectivity index (χ2v) is 4.18. The predicted molar refractivity (Wildman–Crippen MR) is 59.5 cm³/mol. The lowest BCUT2D eigenvalue weighted by molar-refractivity contribution is -0.120. The second kappa shape index (κ2) is 7.20. The average molecular weight is 225 g/mol. The van der Waals surface area contributed by atoms with Gasteiger partial charge in [0.2, 0.25) is 5.91 Å². The molecule has 1 saturated carbocycles. The van der Waals surface area contributed by atoms with E-state index in [2.05, 4.69) is 10.6 Å². The summed E-state index contributed by atoms with van der Waals surface area (Å²) in [5, 5.41) is 23.4. The Morgan fingerprint density at radius 3 is 2.88 bits per heavy atom. The molecule has 0 aromatic heterocycles. The number of carbonyl (C=O) groups is 1. The molecule has 90 valence electrons. The van der Waals surface area contributed by atoms with Crippen LogP contribution in [0.3, 0.4) is 0 Å². The summed E-state index contributed by atoms with van der Waals surface area (Å²) >= 11 is 0. The van der Waals surface area contributed by atoms with Crippen LogP contribution in [0.1, 0.15) is 25.7 Å². The number of hydrogen-bond acceptors (Lipinski definition) is 4. The summed E-state index contributed by atoms with van der Waals surface area (Å²) in [5.41, 5.74) is 0. The zero-order valence-electron chi connectivity index (χ0n) is 9.41. The largest absolute Gasteiger partial charge is 0.393 e. The number of nitrogens with zero attached hydrogens (tertiary/aromatic N) is 1. The number of hydrogen-bond donors (Lipinski definition) is 3. The number of rotatable bonds is 5. The van der Waals surface area contributed by atoms with E-state index in [0.717, 1.165) is 25.7 Å². The highest BCUT2D eigenvalue weighted by atomic mass is 16.3. The summed E-state index contributed by atoms with van der Waals surface area (Å²) in [6.07, 6.45) is 3.91. The van der Waals surface area contributed by atoms with Crippen molar-refractivity contribution in [1.82, 2.24) is 10.6 Å². The van der Waals surface area contributed by atoms with Gasteiger partial charge in [-0.1, -0.05) is 12.8 Å². The maximum atomic E-state index is 11.1. The molecule has 0 aromatic rings. The van der Waals surface area contributed by atoms with E-state index in [1.54, 1.807) is 0 Å². The summed E-state index contributed by atoms with van der Waals surface area (Å²) in [7, 11) is 0. The molecule has 5 nitrogen and oxygen atoms in total. The lowest BCUT2D eigenvalue weighted by atomic mass is 9.86. The summed E-state index contributed by atoms with van der Waals surface area (Å²) in [5.74, 6) is 0.0874. The van der Waals surface area contributed by atoms with Gasteiger partial charge in [-0.05, 0) is 18.8 Å². The fourth-order valence-corrected chi connectivity index (χ4v) is 2.00. The normalized spacial score (nSPS) is 24.8. The first-order valence-corrected chi connectivity index (χ1v) is 5.76. The van der Waals surface area contributed by atoms with Gasteiger partial charge in [0.15, 0.2) is 0 Å². The minimum absolute atomic E-state index is 0.0482. The zero-order valence-corrected chi connectivity index (χ0v) is 9.41. The highest BCUT2D eigenvalue weighted by Gasteiger charge is 2.22. The van der Waals surface area contributed by atoms with Crippen LogP contribution in [0.2, 0.25) is 0 Å².